The fourth-order valence-corrected chi connectivity index (χ4v) is 1.65. The number of rotatable bonds is 3. The Bertz CT molecular complexity index is 302. The van der Waals surface area contributed by atoms with E-state index < -0.39 is 0 Å². The molecule has 2 nitrogen and oxygen atoms in total. The molecule has 0 unspecified atom stereocenters. The van der Waals surface area contributed by atoms with Crippen LogP contribution in [-0.4, -0.2) is 33.6 Å². The lowest BCUT2D eigenvalue weighted by molar-refractivity contribution is 0.648. The number of thioether (sulfide) groups is 1. The van der Waals surface area contributed by atoms with Crippen molar-refractivity contribution in [2.75, 3.05) is 19.8 Å². The first-order chi connectivity index (χ1) is 6.70. The van der Waals surface area contributed by atoms with Crippen LogP contribution in [0.25, 0.3) is 6.20 Å². The lowest BCUT2D eigenvalue weighted by Gasteiger charge is -2.10. The summed E-state index contributed by atoms with van der Waals surface area (Å²) in [6, 6.07) is 4.00. The van der Waals surface area contributed by atoms with Gasteiger partial charge in [0.05, 0.1) is 0 Å². The Hall–Kier alpha value is -0.740. The number of nitrogens with zero attached hydrogens (tertiary/aromatic N) is 2. The summed E-state index contributed by atoms with van der Waals surface area (Å²) >= 11 is 6.80. The fraction of sp³-hybridized carbons (Fsp3) is 0.300. The Morgan fingerprint density at radius 1 is 1.43 bits per heavy atom. The standard InChI is InChI=1S/C10H14N2S2/c1-11(2)10(13)14-9-5-8-12-6-3-4-7-12/h3-8H,9H2,1-2H3. The van der Waals surface area contributed by atoms with Gasteiger partial charge in [0.2, 0.25) is 0 Å². The van der Waals surface area contributed by atoms with E-state index in [1.165, 1.54) is 0 Å². The molecular formula is C10H14N2S2. The second kappa shape index (κ2) is 5.88. The third-order valence-corrected chi connectivity index (χ3v) is 3.26. The Kier molecular flexibility index (Phi) is 4.76. The molecule has 4 heteroatoms. The first-order valence-electron chi connectivity index (χ1n) is 4.33. The van der Waals surface area contributed by atoms with Crippen LogP contribution in [0.4, 0.5) is 0 Å². The van der Waals surface area contributed by atoms with E-state index in [4.69, 9.17) is 12.2 Å². The van der Waals surface area contributed by atoms with Crippen molar-refractivity contribution in [3.63, 3.8) is 0 Å². The quantitative estimate of drug-likeness (QED) is 0.732. The monoisotopic (exact) mass is 226 g/mol. The summed E-state index contributed by atoms with van der Waals surface area (Å²) in [6.07, 6.45) is 8.14. The van der Waals surface area contributed by atoms with Gasteiger partial charge < -0.3 is 9.47 Å². The molecule has 0 aromatic carbocycles. The Morgan fingerprint density at radius 3 is 2.64 bits per heavy atom. The van der Waals surface area contributed by atoms with Gasteiger partial charge in [-0.25, -0.2) is 0 Å². The third kappa shape index (κ3) is 3.98. The number of thiocarbonyl (C=S) groups is 1. The van der Waals surface area contributed by atoms with Crippen LogP contribution in [0, 0.1) is 0 Å². The van der Waals surface area contributed by atoms with E-state index in [1.54, 1.807) is 11.8 Å². The van der Waals surface area contributed by atoms with E-state index in [1.807, 2.05) is 54.3 Å². The normalized spacial score (nSPS) is 10.7. The predicted octanol–water partition coefficient (Wildman–Crippen LogP) is 2.54. The van der Waals surface area contributed by atoms with Crippen LogP contribution in [0.2, 0.25) is 0 Å². The van der Waals surface area contributed by atoms with E-state index in [0.717, 1.165) is 10.1 Å². The molecule has 0 aliphatic carbocycles. The largest absolute Gasteiger partial charge is 0.364 e. The van der Waals surface area contributed by atoms with Gasteiger partial charge in [-0.15, -0.1) is 0 Å². The van der Waals surface area contributed by atoms with Crippen molar-refractivity contribution >= 4 is 34.5 Å². The molecule has 0 spiro atoms. The highest BCUT2D eigenvalue weighted by Gasteiger charge is 1.96. The van der Waals surface area contributed by atoms with Gasteiger partial charge in [0, 0.05) is 38.4 Å². The van der Waals surface area contributed by atoms with Gasteiger partial charge in [-0.05, 0) is 12.1 Å². The van der Waals surface area contributed by atoms with E-state index >= 15 is 0 Å². The van der Waals surface area contributed by atoms with Crippen LogP contribution in [0.15, 0.2) is 30.6 Å². The van der Waals surface area contributed by atoms with E-state index in [2.05, 4.69) is 6.08 Å². The topological polar surface area (TPSA) is 8.17 Å². The molecule has 0 saturated heterocycles. The maximum Gasteiger partial charge on any atom is 0.136 e. The maximum atomic E-state index is 5.14. The molecule has 0 aliphatic rings. The SMILES string of the molecule is CN(C)C(=S)SCC=Cn1cccc1. The zero-order chi connectivity index (χ0) is 10.4. The number of hydrogen-bond acceptors (Lipinski definition) is 2. The molecular weight excluding hydrogens is 212 g/mol. The average molecular weight is 226 g/mol. The lowest BCUT2D eigenvalue weighted by Crippen LogP contribution is -2.16. The summed E-state index contributed by atoms with van der Waals surface area (Å²) in [7, 11) is 3.93. The molecule has 1 heterocycles. The van der Waals surface area contributed by atoms with Gasteiger partial charge in [-0.1, -0.05) is 30.1 Å². The second-order valence-electron chi connectivity index (χ2n) is 2.99. The summed E-state index contributed by atoms with van der Waals surface area (Å²) in [4.78, 5) is 1.95. The Morgan fingerprint density at radius 2 is 2.07 bits per heavy atom. The van der Waals surface area contributed by atoms with Crippen molar-refractivity contribution < 1.29 is 0 Å². The highest BCUT2D eigenvalue weighted by atomic mass is 32.2. The maximum absolute atomic E-state index is 5.14. The first kappa shape index (κ1) is 11.3. The Balaban J connectivity index is 2.25. The van der Waals surface area contributed by atoms with E-state index in [-0.39, 0.29) is 0 Å². The van der Waals surface area contributed by atoms with Gasteiger partial charge in [0.25, 0.3) is 0 Å². The molecule has 0 radical (unpaired) electrons. The van der Waals surface area contributed by atoms with Crippen LogP contribution in [0.3, 0.4) is 0 Å². The Labute approximate surface area is 94.6 Å². The molecule has 0 fully saturated rings. The van der Waals surface area contributed by atoms with Crippen LogP contribution in [0.5, 0.6) is 0 Å². The summed E-state index contributed by atoms with van der Waals surface area (Å²) in [5.74, 6) is 0.912. The van der Waals surface area contributed by atoms with E-state index in [0.29, 0.717) is 0 Å². The number of aromatic nitrogens is 1. The molecule has 0 atom stereocenters. The van der Waals surface area contributed by atoms with Crippen molar-refractivity contribution in [2.45, 2.75) is 0 Å². The molecule has 76 valence electrons. The fourth-order valence-electron chi connectivity index (χ4n) is 0.860. The predicted molar refractivity (Wildman–Crippen MR) is 68.5 cm³/mol. The van der Waals surface area contributed by atoms with Gasteiger partial charge in [0.1, 0.15) is 4.32 Å². The summed E-state index contributed by atoms with van der Waals surface area (Å²) in [6.45, 7) is 0. The molecule has 1 aromatic rings. The van der Waals surface area contributed by atoms with Crippen LogP contribution in [0.1, 0.15) is 0 Å². The van der Waals surface area contributed by atoms with Crippen molar-refractivity contribution in [1.82, 2.24) is 9.47 Å². The van der Waals surface area contributed by atoms with Gasteiger partial charge in [-0.2, -0.15) is 0 Å². The van der Waals surface area contributed by atoms with Crippen LogP contribution in [-0.2, 0) is 0 Å². The first-order valence-corrected chi connectivity index (χ1v) is 5.72. The zero-order valence-corrected chi connectivity index (χ0v) is 10.0. The molecule has 0 N–H and O–H groups in total. The minimum absolute atomic E-state index is 0.912. The minimum atomic E-state index is 0.912. The van der Waals surface area contributed by atoms with Crippen molar-refractivity contribution in [3.05, 3.63) is 30.6 Å². The minimum Gasteiger partial charge on any atom is -0.364 e. The smallest absolute Gasteiger partial charge is 0.136 e. The molecule has 0 aliphatic heterocycles. The number of hydrogen-bond donors (Lipinski definition) is 0. The van der Waals surface area contributed by atoms with Crippen LogP contribution < -0.4 is 0 Å². The van der Waals surface area contributed by atoms with Crippen molar-refractivity contribution in [3.8, 4) is 0 Å². The van der Waals surface area contributed by atoms with Crippen molar-refractivity contribution in [1.29, 1.82) is 0 Å². The molecule has 1 rings (SSSR count). The van der Waals surface area contributed by atoms with Gasteiger partial charge in [0.15, 0.2) is 0 Å². The molecule has 0 amide bonds. The molecule has 0 saturated carbocycles. The second-order valence-corrected chi connectivity index (χ2v) is 4.64. The van der Waals surface area contributed by atoms with Gasteiger partial charge in [-0.3, -0.25) is 0 Å². The molecule has 1 aromatic heterocycles. The van der Waals surface area contributed by atoms with Gasteiger partial charge >= 0.3 is 0 Å². The lowest BCUT2D eigenvalue weighted by atomic mass is 10.7. The summed E-state index contributed by atoms with van der Waals surface area (Å²) in [5, 5.41) is 0. The zero-order valence-electron chi connectivity index (χ0n) is 8.38. The van der Waals surface area contributed by atoms with Crippen molar-refractivity contribution in [2.24, 2.45) is 0 Å². The molecule has 0 bridgehead atoms. The van der Waals surface area contributed by atoms with E-state index in [9.17, 15) is 0 Å². The third-order valence-electron chi connectivity index (χ3n) is 1.57. The molecule has 14 heavy (non-hydrogen) atoms. The van der Waals surface area contributed by atoms with Crippen LogP contribution >= 0.6 is 24.0 Å². The average Bonchev–Trinajstić information content (AvgIpc) is 2.64. The highest BCUT2D eigenvalue weighted by molar-refractivity contribution is 8.23. The highest BCUT2D eigenvalue weighted by Crippen LogP contribution is 2.06. The summed E-state index contributed by atoms with van der Waals surface area (Å²) in [5.41, 5.74) is 0. The summed E-state index contributed by atoms with van der Waals surface area (Å²) < 4.78 is 2.93.